The molecule has 0 heterocycles. The Morgan fingerprint density at radius 2 is 0.952 bits per heavy atom. The second-order valence-electron chi connectivity index (χ2n) is 8.11. The van der Waals surface area contributed by atoms with Crippen molar-refractivity contribution in [3.8, 4) is 11.5 Å². The third-order valence-corrected chi connectivity index (χ3v) is 4.76. The Labute approximate surface area is 240 Å². The molecule has 0 saturated carbocycles. The lowest BCUT2D eigenvalue weighted by Gasteiger charge is -2.10. The number of ketones is 1. The van der Waals surface area contributed by atoms with Crippen LogP contribution in [-0.4, -0.2) is 95.6 Å². The molecule has 0 fully saturated rings. The minimum Gasteiger partial charge on any atom is -0.465 e. The van der Waals surface area contributed by atoms with E-state index in [1.807, 2.05) is 0 Å². The standard InChI is InChI=1S/C28H30O14/c1-19(29)15-36-11-12-39-18-26(32)42-28(34)21-8-4-6-10-23(21)41-25(31)17-38-14-13-37-16-24(30)40-22-9-5-3-7-20(22)27(33)35-2/h3-10H,11-18H2,1-2H3. The zero-order valence-corrected chi connectivity index (χ0v) is 23.0. The molecule has 226 valence electrons. The average Bonchev–Trinajstić information content (AvgIpc) is 2.96. The zero-order chi connectivity index (χ0) is 30.7. The number of para-hydroxylation sites is 2. The van der Waals surface area contributed by atoms with Gasteiger partial charge in [0.25, 0.3) is 0 Å². The number of carbonyl (C=O) groups is 6. The second-order valence-corrected chi connectivity index (χ2v) is 8.11. The number of benzene rings is 2. The molecule has 0 amide bonds. The van der Waals surface area contributed by atoms with Crippen LogP contribution >= 0.6 is 0 Å². The number of hydrogen-bond acceptors (Lipinski definition) is 14. The summed E-state index contributed by atoms with van der Waals surface area (Å²) in [5.74, 6) is -4.62. The Hall–Kier alpha value is -4.50. The van der Waals surface area contributed by atoms with Gasteiger partial charge >= 0.3 is 29.8 Å². The molecule has 0 atom stereocenters. The summed E-state index contributed by atoms with van der Waals surface area (Å²) in [5, 5.41) is 0. The van der Waals surface area contributed by atoms with Crippen molar-refractivity contribution in [3.05, 3.63) is 59.7 Å². The van der Waals surface area contributed by atoms with Crippen LogP contribution in [-0.2, 0) is 47.6 Å². The first kappa shape index (κ1) is 33.7. The number of ether oxygens (including phenoxy) is 8. The van der Waals surface area contributed by atoms with E-state index < -0.39 is 49.7 Å². The molecule has 0 aliphatic heterocycles. The van der Waals surface area contributed by atoms with Gasteiger partial charge in [0.15, 0.2) is 5.78 Å². The van der Waals surface area contributed by atoms with Crippen LogP contribution in [0.25, 0.3) is 0 Å². The minimum atomic E-state index is -1.06. The SMILES string of the molecule is COC(=O)c1ccccc1OC(=O)COCCOCC(=O)Oc1ccccc1C(=O)OC(=O)COCCOCC(C)=O. The van der Waals surface area contributed by atoms with Crippen molar-refractivity contribution >= 4 is 35.6 Å². The lowest BCUT2D eigenvalue weighted by atomic mass is 10.2. The molecule has 14 nitrogen and oxygen atoms in total. The molecule has 0 radical (unpaired) electrons. The van der Waals surface area contributed by atoms with E-state index in [4.69, 9.17) is 33.2 Å². The molecule has 14 heteroatoms. The van der Waals surface area contributed by atoms with E-state index in [1.54, 1.807) is 12.1 Å². The van der Waals surface area contributed by atoms with E-state index >= 15 is 0 Å². The van der Waals surface area contributed by atoms with Crippen LogP contribution in [0.3, 0.4) is 0 Å². The predicted octanol–water partition coefficient (Wildman–Crippen LogP) is 1.32. The molecule has 0 aliphatic carbocycles. The van der Waals surface area contributed by atoms with Gasteiger partial charge in [0.2, 0.25) is 0 Å². The van der Waals surface area contributed by atoms with Gasteiger partial charge in [0, 0.05) is 0 Å². The molecule has 0 aliphatic rings. The van der Waals surface area contributed by atoms with Crippen molar-refractivity contribution in [2.75, 3.05) is 60.0 Å². The van der Waals surface area contributed by atoms with Crippen LogP contribution in [0.1, 0.15) is 27.6 Å². The molecule has 42 heavy (non-hydrogen) atoms. The molecule has 2 aromatic carbocycles. The molecule has 2 rings (SSSR count). The Kier molecular flexibility index (Phi) is 15.1. The Bertz CT molecular complexity index is 1240. The van der Waals surface area contributed by atoms with Crippen molar-refractivity contribution in [1.82, 2.24) is 0 Å². The van der Waals surface area contributed by atoms with Gasteiger partial charge in [-0.15, -0.1) is 0 Å². The quantitative estimate of drug-likeness (QED) is 0.105. The van der Waals surface area contributed by atoms with Gasteiger partial charge in [-0.1, -0.05) is 24.3 Å². The molecule has 0 unspecified atom stereocenters. The molecule has 0 N–H and O–H groups in total. The first-order valence-corrected chi connectivity index (χ1v) is 12.4. The van der Waals surface area contributed by atoms with E-state index in [-0.39, 0.29) is 61.4 Å². The molecule has 2 aromatic rings. The monoisotopic (exact) mass is 590 g/mol. The molecule has 0 bridgehead atoms. The number of methoxy groups -OCH3 is 1. The Morgan fingerprint density at radius 3 is 1.40 bits per heavy atom. The van der Waals surface area contributed by atoms with Gasteiger partial charge < -0.3 is 37.9 Å². The minimum absolute atomic E-state index is 0.00543. The van der Waals surface area contributed by atoms with E-state index in [0.29, 0.717) is 0 Å². The summed E-state index contributed by atoms with van der Waals surface area (Å²) in [6, 6.07) is 11.7. The normalized spacial score (nSPS) is 10.4. The largest absolute Gasteiger partial charge is 0.465 e. The third-order valence-electron chi connectivity index (χ3n) is 4.76. The van der Waals surface area contributed by atoms with E-state index in [0.717, 1.165) is 0 Å². The Balaban J connectivity index is 1.68. The molecular weight excluding hydrogens is 560 g/mol. The van der Waals surface area contributed by atoms with E-state index in [2.05, 4.69) is 4.74 Å². The van der Waals surface area contributed by atoms with Crippen LogP contribution in [0.4, 0.5) is 0 Å². The smallest absolute Gasteiger partial charge is 0.349 e. The first-order chi connectivity index (χ1) is 20.2. The molecule has 0 aromatic heterocycles. The highest BCUT2D eigenvalue weighted by molar-refractivity contribution is 5.99. The predicted molar refractivity (Wildman–Crippen MR) is 140 cm³/mol. The summed E-state index contributed by atoms with van der Waals surface area (Å²) in [7, 11) is 1.20. The summed E-state index contributed by atoms with van der Waals surface area (Å²) in [5.41, 5.74) is -0.102. The molecular formula is C28H30O14. The van der Waals surface area contributed by atoms with Crippen LogP contribution < -0.4 is 9.47 Å². The van der Waals surface area contributed by atoms with Crippen molar-refractivity contribution in [1.29, 1.82) is 0 Å². The summed E-state index contributed by atoms with van der Waals surface area (Å²) >= 11 is 0. The molecule has 0 spiro atoms. The fraction of sp³-hybridized carbons (Fsp3) is 0.357. The molecule has 0 saturated heterocycles. The van der Waals surface area contributed by atoms with Crippen molar-refractivity contribution < 1.29 is 66.7 Å². The van der Waals surface area contributed by atoms with Crippen molar-refractivity contribution in [3.63, 3.8) is 0 Å². The fourth-order valence-electron chi connectivity index (χ4n) is 2.97. The maximum Gasteiger partial charge on any atom is 0.349 e. The maximum absolute atomic E-state index is 12.4. The number of Topliss-reactive ketones (excluding diaryl/α,β-unsaturated/α-hetero) is 1. The van der Waals surface area contributed by atoms with Crippen LogP contribution in [0.2, 0.25) is 0 Å². The summed E-state index contributed by atoms with van der Waals surface area (Å²) in [6.45, 7) is -0.281. The summed E-state index contributed by atoms with van der Waals surface area (Å²) < 4.78 is 39.9. The van der Waals surface area contributed by atoms with E-state index in [1.165, 1.54) is 50.4 Å². The lowest BCUT2D eigenvalue weighted by Crippen LogP contribution is -2.22. The number of rotatable bonds is 18. The number of carbonyl (C=O) groups excluding carboxylic acids is 6. The van der Waals surface area contributed by atoms with Gasteiger partial charge in [-0.05, 0) is 31.2 Å². The number of hydrogen-bond donors (Lipinski definition) is 0. The average molecular weight is 591 g/mol. The van der Waals surface area contributed by atoms with Gasteiger partial charge in [0.1, 0.15) is 49.1 Å². The third kappa shape index (κ3) is 12.8. The first-order valence-electron chi connectivity index (χ1n) is 12.4. The van der Waals surface area contributed by atoms with Crippen LogP contribution in [0.5, 0.6) is 11.5 Å². The lowest BCUT2D eigenvalue weighted by molar-refractivity contribution is -0.144. The van der Waals surface area contributed by atoms with Crippen LogP contribution in [0.15, 0.2) is 48.5 Å². The van der Waals surface area contributed by atoms with Crippen LogP contribution in [0, 0.1) is 0 Å². The maximum atomic E-state index is 12.4. The van der Waals surface area contributed by atoms with Gasteiger partial charge in [-0.2, -0.15) is 0 Å². The highest BCUT2D eigenvalue weighted by atomic mass is 16.6. The van der Waals surface area contributed by atoms with Gasteiger partial charge in [0.05, 0.1) is 33.5 Å². The van der Waals surface area contributed by atoms with Crippen molar-refractivity contribution in [2.24, 2.45) is 0 Å². The fourth-order valence-corrected chi connectivity index (χ4v) is 2.97. The zero-order valence-electron chi connectivity index (χ0n) is 23.0. The topological polar surface area (TPSA) is 176 Å². The van der Waals surface area contributed by atoms with Gasteiger partial charge in [-0.25, -0.2) is 24.0 Å². The van der Waals surface area contributed by atoms with Crippen molar-refractivity contribution in [2.45, 2.75) is 6.92 Å². The summed E-state index contributed by atoms with van der Waals surface area (Å²) in [4.78, 5) is 70.9. The number of esters is 5. The highest BCUT2D eigenvalue weighted by Gasteiger charge is 2.20. The second kappa shape index (κ2) is 18.8. The highest BCUT2D eigenvalue weighted by Crippen LogP contribution is 2.20. The van der Waals surface area contributed by atoms with Gasteiger partial charge in [-0.3, -0.25) is 4.79 Å². The Morgan fingerprint density at radius 1 is 0.548 bits per heavy atom. The summed E-state index contributed by atoms with van der Waals surface area (Å²) in [6.07, 6.45) is 0. The van der Waals surface area contributed by atoms with E-state index in [9.17, 15) is 28.8 Å².